The summed E-state index contributed by atoms with van der Waals surface area (Å²) in [4.78, 5) is 40.2. The molecule has 4 fully saturated rings. The van der Waals surface area contributed by atoms with E-state index in [0.29, 0.717) is 12.8 Å². The summed E-state index contributed by atoms with van der Waals surface area (Å²) in [5, 5.41) is 0. The summed E-state index contributed by atoms with van der Waals surface area (Å²) in [7, 11) is -2.44. The number of rotatable bonds is 8. The molecule has 9 atom stereocenters. The molecule has 0 heterocycles. The van der Waals surface area contributed by atoms with Crippen LogP contribution in [0.5, 0.6) is 0 Å². The van der Waals surface area contributed by atoms with Gasteiger partial charge in [0.1, 0.15) is 6.61 Å². The van der Waals surface area contributed by atoms with Gasteiger partial charge in [0.05, 0.1) is 24.7 Å². The Balaban J connectivity index is 1.27. The summed E-state index contributed by atoms with van der Waals surface area (Å²) in [6.45, 7) is 16.1. The normalized spacial score (nSPS) is 40.6. The summed E-state index contributed by atoms with van der Waals surface area (Å²) < 4.78 is 39.8. The summed E-state index contributed by atoms with van der Waals surface area (Å²) in [6, 6.07) is 9.54. The van der Waals surface area contributed by atoms with Crippen molar-refractivity contribution in [3.05, 3.63) is 47.5 Å². The highest BCUT2D eigenvalue weighted by atomic mass is 32.2. The van der Waals surface area contributed by atoms with Crippen LogP contribution in [0.4, 0.5) is 0 Å². The first-order valence-electron chi connectivity index (χ1n) is 18.8. The van der Waals surface area contributed by atoms with E-state index in [1.165, 1.54) is 12.7 Å². The van der Waals surface area contributed by atoms with E-state index >= 15 is 0 Å². The summed E-state index contributed by atoms with van der Waals surface area (Å²) in [5.41, 5.74) is 0.508. The van der Waals surface area contributed by atoms with Gasteiger partial charge in [0, 0.05) is 12.0 Å². The third-order valence-electron chi connectivity index (χ3n) is 15.4. The molecule has 9 heteroatoms. The molecule has 50 heavy (non-hydrogen) atoms. The highest BCUT2D eigenvalue weighted by Gasteiger charge is 2.70. The standard InChI is InChI=1S/C41H59NO7S/c1-36(2)31-14-18-41(7)34(39(31,5)17-15-32(36)42-50(46,47)23-16-33(44)48-8)30(43)24-28-29-25-38(4,20-19-37(29,3)21-22-40(28,41)6)35(45)49-26-27-12-10-9-11-13-27/h9-13,24,29,31-32,34,42H,14-23,25-26H2,1-8H3/t29?,31-,32-,34+,37+,38-,39-,40+,41+/m0/s1. The van der Waals surface area contributed by atoms with Gasteiger partial charge in [0.25, 0.3) is 0 Å². The maximum atomic E-state index is 14.8. The summed E-state index contributed by atoms with van der Waals surface area (Å²) in [6.07, 6.45) is 9.53. The van der Waals surface area contributed by atoms with Crippen molar-refractivity contribution in [3.63, 3.8) is 0 Å². The number of ketones is 1. The number of methoxy groups -OCH3 is 1. The van der Waals surface area contributed by atoms with E-state index in [9.17, 15) is 22.8 Å². The second kappa shape index (κ2) is 12.6. The number of benzene rings is 1. The number of esters is 2. The van der Waals surface area contributed by atoms with Crippen molar-refractivity contribution < 1.29 is 32.3 Å². The van der Waals surface area contributed by atoms with Gasteiger partial charge in [-0.25, -0.2) is 13.1 Å². The van der Waals surface area contributed by atoms with Crippen molar-refractivity contribution in [3.8, 4) is 0 Å². The number of nitrogens with one attached hydrogen (secondary N) is 1. The smallest absolute Gasteiger partial charge is 0.312 e. The third kappa shape index (κ3) is 5.90. The zero-order valence-electron chi connectivity index (χ0n) is 31.5. The van der Waals surface area contributed by atoms with E-state index in [0.717, 1.165) is 50.5 Å². The Hall–Kier alpha value is -2.52. The number of hydrogen-bond acceptors (Lipinski definition) is 7. The second-order valence-electron chi connectivity index (χ2n) is 18.5. The molecule has 0 radical (unpaired) electrons. The molecule has 0 spiro atoms. The molecule has 276 valence electrons. The van der Waals surface area contributed by atoms with Gasteiger partial charge >= 0.3 is 11.9 Å². The minimum Gasteiger partial charge on any atom is -0.469 e. The van der Waals surface area contributed by atoms with Crippen molar-refractivity contribution in [2.45, 2.75) is 125 Å². The third-order valence-corrected chi connectivity index (χ3v) is 16.8. The summed E-state index contributed by atoms with van der Waals surface area (Å²) >= 11 is 0. The van der Waals surface area contributed by atoms with Crippen LogP contribution in [-0.2, 0) is 40.5 Å². The molecule has 5 aliphatic carbocycles. The fourth-order valence-electron chi connectivity index (χ4n) is 12.1. The van der Waals surface area contributed by atoms with Crippen LogP contribution in [0.25, 0.3) is 0 Å². The molecule has 0 aliphatic heterocycles. The SMILES string of the molecule is COC(=O)CCS(=O)(=O)N[C@H]1CC[C@]2(C)[C@H]3C(=O)C=C4C5C[C@@](C)(C(=O)OCc6ccccc6)CC[C@]5(C)CC[C@@]4(C)[C@]3(C)CC[C@H]2C1(C)C. The molecule has 0 amide bonds. The highest BCUT2D eigenvalue weighted by Crippen LogP contribution is 2.75. The second-order valence-corrected chi connectivity index (χ2v) is 20.4. The Labute approximate surface area is 300 Å². The zero-order chi connectivity index (χ0) is 36.5. The van der Waals surface area contributed by atoms with E-state index < -0.39 is 26.8 Å². The first-order chi connectivity index (χ1) is 23.2. The first-order valence-corrected chi connectivity index (χ1v) is 20.4. The van der Waals surface area contributed by atoms with Crippen LogP contribution in [-0.4, -0.2) is 45.0 Å². The number of ether oxygens (including phenoxy) is 2. The number of sulfonamides is 1. The van der Waals surface area contributed by atoms with Gasteiger partial charge in [0.15, 0.2) is 5.78 Å². The molecule has 1 aromatic rings. The first kappa shape index (κ1) is 37.2. The molecule has 1 N–H and O–H groups in total. The molecule has 8 nitrogen and oxygen atoms in total. The number of allylic oxidation sites excluding steroid dienone is 2. The Morgan fingerprint density at radius 1 is 0.900 bits per heavy atom. The lowest BCUT2D eigenvalue weighted by Gasteiger charge is -2.70. The number of carbonyl (C=O) groups excluding carboxylic acids is 3. The molecule has 0 bridgehead atoms. The van der Waals surface area contributed by atoms with Crippen LogP contribution in [0, 0.1) is 50.2 Å². The van der Waals surface area contributed by atoms with Crippen LogP contribution in [0.3, 0.4) is 0 Å². The molecular formula is C41H59NO7S. The van der Waals surface area contributed by atoms with Gasteiger partial charge in [-0.1, -0.05) is 77.4 Å². The van der Waals surface area contributed by atoms with Crippen LogP contribution in [0.1, 0.15) is 118 Å². The predicted molar refractivity (Wildman–Crippen MR) is 193 cm³/mol. The van der Waals surface area contributed by atoms with Gasteiger partial charge in [0.2, 0.25) is 10.0 Å². The van der Waals surface area contributed by atoms with Crippen molar-refractivity contribution in [2.75, 3.05) is 12.9 Å². The monoisotopic (exact) mass is 709 g/mol. The fraction of sp³-hybridized carbons (Fsp3) is 0.732. The van der Waals surface area contributed by atoms with Crippen molar-refractivity contribution in [2.24, 2.45) is 50.2 Å². The molecule has 5 aliphatic rings. The molecule has 6 rings (SSSR count). The van der Waals surface area contributed by atoms with Crippen molar-refractivity contribution >= 4 is 27.7 Å². The molecule has 1 unspecified atom stereocenters. The average molecular weight is 710 g/mol. The Morgan fingerprint density at radius 3 is 2.26 bits per heavy atom. The quantitative estimate of drug-likeness (QED) is 0.277. The average Bonchev–Trinajstić information content (AvgIpc) is 3.06. The maximum Gasteiger partial charge on any atom is 0.312 e. The van der Waals surface area contributed by atoms with E-state index in [4.69, 9.17) is 4.74 Å². The Bertz CT molecular complexity index is 1670. The van der Waals surface area contributed by atoms with E-state index in [2.05, 4.69) is 57.9 Å². The van der Waals surface area contributed by atoms with Crippen molar-refractivity contribution in [1.82, 2.24) is 4.72 Å². The molecule has 0 aromatic heterocycles. The predicted octanol–water partition coefficient (Wildman–Crippen LogP) is 7.56. The van der Waals surface area contributed by atoms with E-state index in [1.54, 1.807) is 0 Å². The Morgan fingerprint density at radius 2 is 1.58 bits per heavy atom. The molecular weight excluding hydrogens is 651 g/mol. The maximum absolute atomic E-state index is 14.8. The van der Waals surface area contributed by atoms with Gasteiger partial charge < -0.3 is 9.47 Å². The largest absolute Gasteiger partial charge is 0.469 e. The molecule has 4 saturated carbocycles. The minimum atomic E-state index is -3.70. The van der Waals surface area contributed by atoms with Gasteiger partial charge in [-0.2, -0.15) is 0 Å². The minimum absolute atomic E-state index is 0.0280. The lowest BCUT2D eigenvalue weighted by molar-refractivity contribution is -0.189. The topological polar surface area (TPSA) is 116 Å². The van der Waals surface area contributed by atoms with Gasteiger partial charge in [-0.15, -0.1) is 0 Å². The molecule has 0 saturated heterocycles. The fourth-order valence-corrected chi connectivity index (χ4v) is 13.5. The van der Waals surface area contributed by atoms with Gasteiger partial charge in [-0.3, -0.25) is 14.4 Å². The zero-order valence-corrected chi connectivity index (χ0v) is 32.3. The van der Waals surface area contributed by atoms with E-state index in [-0.39, 0.29) is 76.0 Å². The highest BCUT2D eigenvalue weighted by molar-refractivity contribution is 7.89. The van der Waals surface area contributed by atoms with Crippen molar-refractivity contribution in [1.29, 1.82) is 0 Å². The van der Waals surface area contributed by atoms with Crippen LogP contribution < -0.4 is 4.72 Å². The van der Waals surface area contributed by atoms with Crippen LogP contribution >= 0.6 is 0 Å². The molecule has 1 aromatic carbocycles. The lowest BCUT2D eigenvalue weighted by Crippen LogP contribution is -2.67. The Kier molecular flexibility index (Phi) is 9.36. The van der Waals surface area contributed by atoms with E-state index in [1.807, 2.05) is 36.4 Å². The van der Waals surface area contributed by atoms with Gasteiger partial charge in [-0.05, 0) is 115 Å². The van der Waals surface area contributed by atoms with Crippen LogP contribution in [0.15, 0.2) is 42.0 Å². The van der Waals surface area contributed by atoms with Crippen LogP contribution in [0.2, 0.25) is 0 Å². The number of carbonyl (C=O) groups is 3. The number of fused-ring (bicyclic) bond motifs is 7. The summed E-state index contributed by atoms with van der Waals surface area (Å²) in [5.74, 6) is -0.680. The lowest BCUT2D eigenvalue weighted by atomic mass is 9.33. The number of hydrogen-bond donors (Lipinski definition) is 1.